The number of rotatable bonds is 3. The van der Waals surface area contributed by atoms with E-state index in [1.54, 1.807) is 0 Å². The molecule has 2 spiro atoms. The van der Waals surface area contributed by atoms with Crippen LogP contribution in [0.15, 0.2) is 224 Å². The van der Waals surface area contributed by atoms with Crippen LogP contribution in [-0.4, -0.2) is 0 Å². The molecule has 0 aromatic heterocycles. The number of benzene rings is 9. The first-order valence-electron chi connectivity index (χ1n) is 20.9. The molecule has 0 fully saturated rings. The molecular formula is C59H37N. The molecule has 0 saturated heterocycles. The molecule has 0 saturated carbocycles. The molecule has 0 bridgehead atoms. The first-order valence-corrected chi connectivity index (χ1v) is 20.9. The number of hydrogen-bond donors (Lipinski definition) is 0. The molecular weight excluding hydrogens is 723 g/mol. The van der Waals surface area contributed by atoms with E-state index in [1.165, 1.54) is 77.9 Å². The van der Waals surface area contributed by atoms with Crippen molar-refractivity contribution in [3.63, 3.8) is 0 Å². The zero-order valence-corrected chi connectivity index (χ0v) is 32.8. The summed E-state index contributed by atoms with van der Waals surface area (Å²) in [5.41, 5.74) is 26.6. The van der Waals surface area contributed by atoms with Gasteiger partial charge >= 0.3 is 0 Å². The van der Waals surface area contributed by atoms with Gasteiger partial charge in [-0.3, -0.25) is 0 Å². The van der Waals surface area contributed by atoms with Gasteiger partial charge in [-0.05, 0) is 102 Å². The number of anilines is 2. The Hall–Kier alpha value is -7.70. The van der Waals surface area contributed by atoms with E-state index in [0.29, 0.717) is 0 Å². The third-order valence-corrected chi connectivity index (χ3v) is 13.7. The minimum Gasteiger partial charge on any atom is -0.303 e. The van der Waals surface area contributed by atoms with Crippen molar-refractivity contribution in [2.75, 3.05) is 4.90 Å². The lowest BCUT2D eigenvalue weighted by Gasteiger charge is -2.49. The Balaban J connectivity index is 1.11. The Bertz CT molecular complexity index is 3210. The van der Waals surface area contributed by atoms with Crippen molar-refractivity contribution in [3.8, 4) is 33.4 Å². The van der Waals surface area contributed by atoms with Gasteiger partial charge in [0.2, 0.25) is 0 Å². The minimum absolute atomic E-state index is 0.520. The van der Waals surface area contributed by atoms with Crippen LogP contribution >= 0.6 is 0 Å². The van der Waals surface area contributed by atoms with Crippen molar-refractivity contribution in [2.24, 2.45) is 0 Å². The molecule has 1 heterocycles. The molecule has 0 atom stereocenters. The fourth-order valence-corrected chi connectivity index (χ4v) is 11.5. The second-order valence-electron chi connectivity index (χ2n) is 16.4. The van der Waals surface area contributed by atoms with E-state index in [0.717, 1.165) is 28.2 Å². The number of fused-ring (bicyclic) bond motifs is 17. The normalized spacial score (nSPS) is 15.0. The highest BCUT2D eigenvalue weighted by Gasteiger charge is 2.59. The highest BCUT2D eigenvalue weighted by molar-refractivity contribution is 5.98. The Morgan fingerprint density at radius 1 is 0.317 bits per heavy atom. The molecule has 13 rings (SSSR count). The minimum atomic E-state index is -0.561. The second-order valence-corrected chi connectivity index (χ2v) is 16.4. The zero-order chi connectivity index (χ0) is 39.4. The third-order valence-electron chi connectivity index (χ3n) is 13.7. The Morgan fingerprint density at radius 2 is 0.750 bits per heavy atom. The van der Waals surface area contributed by atoms with Crippen LogP contribution in [0.1, 0.15) is 55.6 Å². The van der Waals surface area contributed by atoms with Crippen LogP contribution in [0.3, 0.4) is 0 Å². The maximum absolute atomic E-state index is 3.69. The lowest BCUT2D eigenvalue weighted by Crippen LogP contribution is -2.44. The summed E-state index contributed by atoms with van der Waals surface area (Å²) >= 11 is 0. The SMILES string of the molecule is C1=Cc2ccccc2N(c2ccccc2)C=1c1ccc(-c2cccc3c2C2(c4ccccc4-c4ccccc42)c2ccccc2C32c3ccccc3-c3ccccc32)cc1. The highest BCUT2D eigenvalue weighted by Crippen LogP contribution is 2.68. The lowest BCUT2D eigenvalue weighted by atomic mass is 9.51. The predicted octanol–water partition coefficient (Wildman–Crippen LogP) is 14.2. The molecule has 278 valence electrons. The van der Waals surface area contributed by atoms with Crippen LogP contribution in [0.25, 0.3) is 45.2 Å². The molecule has 0 N–H and O–H groups in total. The van der Waals surface area contributed by atoms with Crippen molar-refractivity contribution >= 4 is 23.1 Å². The van der Waals surface area contributed by atoms with E-state index in [9.17, 15) is 0 Å². The zero-order valence-electron chi connectivity index (χ0n) is 32.8. The van der Waals surface area contributed by atoms with Gasteiger partial charge in [-0.1, -0.05) is 206 Å². The number of nitrogens with zero attached hydrogens (tertiary/aromatic N) is 1. The van der Waals surface area contributed by atoms with Gasteiger partial charge in [0, 0.05) is 16.8 Å². The van der Waals surface area contributed by atoms with Gasteiger partial charge < -0.3 is 4.90 Å². The lowest BCUT2D eigenvalue weighted by molar-refractivity contribution is 0.634. The number of hydrogen-bond acceptors (Lipinski definition) is 1. The van der Waals surface area contributed by atoms with E-state index in [4.69, 9.17) is 0 Å². The molecule has 9 aromatic rings. The first-order chi connectivity index (χ1) is 29.8. The van der Waals surface area contributed by atoms with Gasteiger partial charge in [0.15, 0.2) is 0 Å². The Labute approximate surface area is 350 Å². The quantitative estimate of drug-likeness (QED) is 0.162. The van der Waals surface area contributed by atoms with E-state index in [1.807, 2.05) is 0 Å². The van der Waals surface area contributed by atoms with Crippen molar-refractivity contribution < 1.29 is 0 Å². The van der Waals surface area contributed by atoms with Crippen molar-refractivity contribution in [1.82, 2.24) is 0 Å². The molecule has 1 heteroatoms. The van der Waals surface area contributed by atoms with E-state index >= 15 is 0 Å². The molecule has 9 aromatic carbocycles. The van der Waals surface area contributed by atoms with Crippen molar-refractivity contribution in [3.05, 3.63) is 280 Å². The van der Waals surface area contributed by atoms with Gasteiger partial charge in [0.1, 0.15) is 0 Å². The van der Waals surface area contributed by atoms with Gasteiger partial charge in [-0.25, -0.2) is 0 Å². The second kappa shape index (κ2) is 12.4. The fraction of sp³-hybridized carbons (Fsp3) is 0.0339. The maximum atomic E-state index is 3.69. The summed E-state index contributed by atoms with van der Waals surface area (Å²) in [6.07, 6.45) is 2.12. The van der Waals surface area contributed by atoms with Crippen LogP contribution in [0.4, 0.5) is 11.4 Å². The summed E-state index contributed by atoms with van der Waals surface area (Å²) < 4.78 is 0. The monoisotopic (exact) mass is 759 g/mol. The molecule has 60 heavy (non-hydrogen) atoms. The standard InChI is InChI=1S/C59H37N/c1-2-18-42(19-3-1)60-55-32-15-4-17-40(55)37-38-56(60)41-35-33-39(34-36-41)43-24-16-31-54-57(43)59(50-27-11-7-22-46(50)47-23-8-12-28-51(47)59)53-30-14-13-29-52(53)58(54)48-25-9-5-20-44(48)45-21-6-10-26-49(45)58/h1-37H. The Morgan fingerprint density at radius 3 is 1.35 bits per heavy atom. The molecule has 1 nitrogen and oxygen atoms in total. The summed E-state index contributed by atoms with van der Waals surface area (Å²) in [6.45, 7) is 0. The van der Waals surface area contributed by atoms with Gasteiger partial charge in [0.05, 0.1) is 22.2 Å². The average Bonchev–Trinajstić information content (AvgIpc) is 3.79. The van der Waals surface area contributed by atoms with Crippen LogP contribution < -0.4 is 4.90 Å². The topological polar surface area (TPSA) is 3.24 Å². The average molecular weight is 760 g/mol. The predicted molar refractivity (Wildman–Crippen MR) is 246 cm³/mol. The van der Waals surface area contributed by atoms with Gasteiger partial charge in [-0.15, -0.1) is 0 Å². The van der Waals surface area contributed by atoms with Crippen LogP contribution in [0.5, 0.6) is 0 Å². The molecule has 0 radical (unpaired) electrons. The van der Waals surface area contributed by atoms with Crippen molar-refractivity contribution in [1.29, 1.82) is 0 Å². The largest absolute Gasteiger partial charge is 0.303 e. The molecule has 3 aliphatic carbocycles. The van der Waals surface area contributed by atoms with Crippen LogP contribution in [0, 0.1) is 0 Å². The Kier molecular flexibility index (Phi) is 6.88. The summed E-state index contributed by atoms with van der Waals surface area (Å²) in [6, 6.07) is 81.6. The van der Waals surface area contributed by atoms with Crippen LogP contribution in [0.2, 0.25) is 0 Å². The van der Waals surface area contributed by atoms with E-state index < -0.39 is 10.8 Å². The molecule has 4 aliphatic rings. The smallest absolute Gasteiger partial charge is 0.0964 e. The highest BCUT2D eigenvalue weighted by atomic mass is 15.2. The number of para-hydroxylation sites is 2. The van der Waals surface area contributed by atoms with Crippen LogP contribution in [-0.2, 0) is 10.8 Å². The van der Waals surface area contributed by atoms with Gasteiger partial charge in [0.25, 0.3) is 0 Å². The third kappa shape index (κ3) is 4.17. The molecule has 0 amide bonds. The summed E-state index contributed by atoms with van der Waals surface area (Å²) in [5.74, 6) is 0. The summed E-state index contributed by atoms with van der Waals surface area (Å²) in [5, 5.41) is 0. The van der Waals surface area contributed by atoms with Gasteiger partial charge in [-0.2, -0.15) is 0 Å². The maximum Gasteiger partial charge on any atom is 0.0964 e. The van der Waals surface area contributed by atoms with Crippen molar-refractivity contribution in [2.45, 2.75) is 10.8 Å². The van der Waals surface area contributed by atoms with E-state index in [-0.39, 0.29) is 0 Å². The molecule has 1 aliphatic heterocycles. The first kappa shape index (κ1) is 33.3. The summed E-state index contributed by atoms with van der Waals surface area (Å²) in [4.78, 5) is 2.34. The summed E-state index contributed by atoms with van der Waals surface area (Å²) in [7, 11) is 0. The molecule has 0 unspecified atom stereocenters. The fourth-order valence-electron chi connectivity index (χ4n) is 11.5. The van der Waals surface area contributed by atoms with E-state index in [2.05, 4.69) is 235 Å².